The molecule has 0 saturated carbocycles. The van der Waals surface area contributed by atoms with Crippen LogP contribution in [0, 0.1) is 0 Å². The number of fused-ring (bicyclic) bond motifs is 1. The van der Waals surface area contributed by atoms with E-state index in [1.807, 2.05) is 0 Å². The third kappa shape index (κ3) is 5.50. The molecule has 0 fully saturated rings. The molecule has 0 bridgehead atoms. The van der Waals surface area contributed by atoms with Crippen LogP contribution in [-0.4, -0.2) is 33.4 Å². The van der Waals surface area contributed by atoms with E-state index in [-0.39, 0.29) is 22.8 Å². The summed E-state index contributed by atoms with van der Waals surface area (Å²) in [6.07, 6.45) is -3.45. The smallest absolute Gasteiger partial charge is 0.422 e. The van der Waals surface area contributed by atoms with Crippen molar-refractivity contribution in [1.82, 2.24) is 0 Å². The van der Waals surface area contributed by atoms with Crippen molar-refractivity contribution in [2.24, 2.45) is 0 Å². The Balaban J connectivity index is 1.88. The first-order valence-corrected chi connectivity index (χ1v) is 10.4. The molecule has 6 nitrogen and oxygen atoms in total. The number of ether oxygens (including phenoxy) is 1. The first-order valence-electron chi connectivity index (χ1n) is 8.31. The molecule has 0 aliphatic heterocycles. The number of halogens is 3. The molecule has 0 aliphatic rings. The minimum Gasteiger partial charge on any atom is -0.484 e. The van der Waals surface area contributed by atoms with Crippen molar-refractivity contribution in [3.05, 3.63) is 59.9 Å². The minimum absolute atomic E-state index is 0.0823. The number of nitrogens with one attached hydrogen (secondary N) is 1. The van der Waals surface area contributed by atoms with Gasteiger partial charge in [0.1, 0.15) is 11.3 Å². The van der Waals surface area contributed by atoms with Crippen LogP contribution in [0.5, 0.6) is 5.75 Å². The van der Waals surface area contributed by atoms with Gasteiger partial charge >= 0.3 is 6.18 Å². The molecule has 2 aromatic carbocycles. The summed E-state index contributed by atoms with van der Waals surface area (Å²) >= 11 is 0. The zero-order valence-corrected chi connectivity index (χ0v) is 15.9. The van der Waals surface area contributed by atoms with Crippen molar-refractivity contribution in [2.75, 3.05) is 18.2 Å². The average molecular weight is 427 g/mol. The molecule has 3 rings (SSSR count). The number of amides is 1. The standard InChI is InChI=1S/C19H16F3NO5S/c1-29(25,26)10-15-14-7-2-3-8-16(14)28-17(15)18(24)23-12-5-4-6-13(9-12)27-11-19(20,21)22/h2-9H,10-11H2,1H3,(H,23,24). The highest BCUT2D eigenvalue weighted by Gasteiger charge is 2.28. The van der Waals surface area contributed by atoms with Crippen LogP contribution in [0.15, 0.2) is 52.9 Å². The zero-order valence-electron chi connectivity index (χ0n) is 15.1. The lowest BCUT2D eigenvalue weighted by Crippen LogP contribution is -2.19. The fraction of sp³-hybridized carbons (Fsp3) is 0.211. The Labute approximate surface area is 164 Å². The number of hydrogen-bond acceptors (Lipinski definition) is 5. The second-order valence-electron chi connectivity index (χ2n) is 6.36. The third-order valence-electron chi connectivity index (χ3n) is 3.81. The van der Waals surface area contributed by atoms with Crippen LogP contribution >= 0.6 is 0 Å². The fourth-order valence-electron chi connectivity index (χ4n) is 2.70. The van der Waals surface area contributed by atoms with E-state index in [0.29, 0.717) is 11.0 Å². The van der Waals surface area contributed by atoms with Crippen molar-refractivity contribution in [2.45, 2.75) is 11.9 Å². The van der Waals surface area contributed by atoms with E-state index >= 15 is 0 Å². The lowest BCUT2D eigenvalue weighted by atomic mass is 10.1. The van der Waals surface area contributed by atoms with Gasteiger partial charge in [-0.05, 0) is 18.2 Å². The van der Waals surface area contributed by atoms with Gasteiger partial charge in [0.15, 0.2) is 22.2 Å². The van der Waals surface area contributed by atoms with Crippen molar-refractivity contribution < 1.29 is 35.5 Å². The number of rotatable bonds is 6. The van der Waals surface area contributed by atoms with Gasteiger partial charge in [0, 0.05) is 29.0 Å². The molecule has 0 unspecified atom stereocenters. The first kappa shape index (κ1) is 20.7. The number of sulfone groups is 1. The van der Waals surface area contributed by atoms with E-state index in [2.05, 4.69) is 10.1 Å². The second kappa shape index (κ2) is 7.78. The van der Waals surface area contributed by atoms with Crippen LogP contribution in [0.4, 0.5) is 18.9 Å². The largest absolute Gasteiger partial charge is 0.484 e. The SMILES string of the molecule is CS(=O)(=O)Cc1c(C(=O)Nc2cccc(OCC(F)(F)F)c2)oc2ccccc12. The predicted octanol–water partition coefficient (Wildman–Crippen LogP) is 4.17. The number of anilines is 1. The van der Waals surface area contributed by atoms with Gasteiger partial charge < -0.3 is 14.5 Å². The summed E-state index contributed by atoms with van der Waals surface area (Å²) in [7, 11) is -3.46. The number of benzene rings is 2. The van der Waals surface area contributed by atoms with E-state index in [1.54, 1.807) is 24.3 Å². The summed E-state index contributed by atoms with van der Waals surface area (Å²) in [4.78, 5) is 12.7. The highest BCUT2D eigenvalue weighted by molar-refractivity contribution is 7.89. The molecule has 0 atom stereocenters. The van der Waals surface area contributed by atoms with Gasteiger partial charge in [-0.1, -0.05) is 24.3 Å². The predicted molar refractivity (Wildman–Crippen MR) is 101 cm³/mol. The third-order valence-corrected chi connectivity index (χ3v) is 4.62. The number of carbonyl (C=O) groups is 1. The molecule has 3 aromatic rings. The summed E-state index contributed by atoms with van der Waals surface area (Å²) in [5, 5.41) is 2.99. The van der Waals surface area contributed by atoms with Crippen LogP contribution in [0.3, 0.4) is 0 Å². The molecule has 0 radical (unpaired) electrons. The molecular weight excluding hydrogens is 411 g/mol. The Morgan fingerprint density at radius 2 is 1.86 bits per heavy atom. The van der Waals surface area contributed by atoms with Gasteiger partial charge in [-0.25, -0.2) is 8.42 Å². The van der Waals surface area contributed by atoms with E-state index < -0.39 is 34.3 Å². The topological polar surface area (TPSA) is 85.6 Å². The maximum Gasteiger partial charge on any atom is 0.422 e. The molecule has 1 N–H and O–H groups in total. The Hall–Kier alpha value is -3.01. The number of alkyl halides is 3. The number of hydrogen-bond donors (Lipinski definition) is 1. The molecular formula is C19H16F3NO5S. The number of carbonyl (C=O) groups excluding carboxylic acids is 1. The molecule has 154 valence electrons. The Morgan fingerprint density at radius 3 is 2.55 bits per heavy atom. The van der Waals surface area contributed by atoms with E-state index in [1.165, 1.54) is 24.3 Å². The molecule has 0 spiro atoms. The molecule has 1 aromatic heterocycles. The van der Waals surface area contributed by atoms with Gasteiger partial charge in [0.25, 0.3) is 5.91 Å². The second-order valence-corrected chi connectivity index (χ2v) is 8.50. The van der Waals surface area contributed by atoms with Crippen LogP contribution < -0.4 is 10.1 Å². The van der Waals surface area contributed by atoms with E-state index in [9.17, 15) is 26.4 Å². The van der Waals surface area contributed by atoms with Crippen molar-refractivity contribution in [1.29, 1.82) is 0 Å². The monoisotopic (exact) mass is 427 g/mol. The maximum absolute atomic E-state index is 12.7. The molecule has 1 heterocycles. The number of furan rings is 1. The molecule has 29 heavy (non-hydrogen) atoms. The molecule has 0 saturated heterocycles. The highest BCUT2D eigenvalue weighted by Crippen LogP contribution is 2.29. The Morgan fingerprint density at radius 1 is 1.14 bits per heavy atom. The summed E-state index contributed by atoms with van der Waals surface area (Å²) < 4.78 is 70.7. The van der Waals surface area contributed by atoms with Gasteiger partial charge in [0.2, 0.25) is 0 Å². The van der Waals surface area contributed by atoms with Crippen LogP contribution in [0.1, 0.15) is 16.1 Å². The van der Waals surface area contributed by atoms with Gasteiger partial charge in [0.05, 0.1) is 5.75 Å². The quantitative estimate of drug-likeness (QED) is 0.638. The maximum atomic E-state index is 12.7. The van der Waals surface area contributed by atoms with E-state index in [4.69, 9.17) is 4.42 Å². The lowest BCUT2D eigenvalue weighted by Gasteiger charge is -2.11. The Kier molecular flexibility index (Phi) is 5.56. The molecule has 1 amide bonds. The highest BCUT2D eigenvalue weighted by atomic mass is 32.2. The minimum atomic E-state index is -4.49. The summed E-state index contributed by atoms with van der Waals surface area (Å²) in [6, 6.07) is 12.0. The fourth-order valence-corrected chi connectivity index (χ4v) is 3.52. The Bertz CT molecular complexity index is 1150. The molecule has 10 heteroatoms. The van der Waals surface area contributed by atoms with Gasteiger partial charge in [-0.2, -0.15) is 13.2 Å². The lowest BCUT2D eigenvalue weighted by molar-refractivity contribution is -0.153. The van der Waals surface area contributed by atoms with Crippen LogP contribution in [-0.2, 0) is 15.6 Å². The molecule has 0 aliphatic carbocycles. The van der Waals surface area contributed by atoms with Crippen molar-refractivity contribution in [3.63, 3.8) is 0 Å². The number of para-hydroxylation sites is 1. The van der Waals surface area contributed by atoms with Crippen LogP contribution in [0.25, 0.3) is 11.0 Å². The summed E-state index contributed by atoms with van der Waals surface area (Å²) in [5.74, 6) is -1.39. The normalized spacial score (nSPS) is 12.1. The van der Waals surface area contributed by atoms with Crippen LogP contribution in [0.2, 0.25) is 0 Å². The summed E-state index contributed by atoms with van der Waals surface area (Å²) in [5.41, 5.74) is 0.726. The average Bonchev–Trinajstić information content (AvgIpc) is 2.97. The van der Waals surface area contributed by atoms with Crippen molar-refractivity contribution in [3.8, 4) is 5.75 Å². The first-order chi connectivity index (χ1) is 13.5. The van der Waals surface area contributed by atoms with E-state index in [0.717, 1.165) is 6.26 Å². The van der Waals surface area contributed by atoms with Crippen molar-refractivity contribution >= 4 is 32.4 Å². The summed E-state index contributed by atoms with van der Waals surface area (Å²) in [6.45, 7) is -1.47. The van der Waals surface area contributed by atoms with Gasteiger partial charge in [-0.15, -0.1) is 0 Å². The van der Waals surface area contributed by atoms with Gasteiger partial charge in [-0.3, -0.25) is 4.79 Å². The zero-order chi connectivity index (χ0) is 21.2.